The molecule has 1 saturated heterocycles. The van der Waals surface area contributed by atoms with Crippen molar-refractivity contribution in [2.75, 3.05) is 19.6 Å². The van der Waals surface area contributed by atoms with Gasteiger partial charge in [-0.15, -0.1) is 23.7 Å². The minimum Gasteiger partial charge on any atom is -0.356 e. The van der Waals surface area contributed by atoms with Crippen LogP contribution >= 0.6 is 39.7 Å². The Labute approximate surface area is 159 Å². The Bertz CT molecular complexity index is 657. The number of carbonyl (C=O) groups is 1. The van der Waals surface area contributed by atoms with Crippen molar-refractivity contribution in [3.63, 3.8) is 0 Å². The first-order chi connectivity index (χ1) is 11.2. The summed E-state index contributed by atoms with van der Waals surface area (Å²) < 4.78 is 6.21. The first-order valence-electron chi connectivity index (χ1n) is 7.75. The molecule has 6 nitrogen and oxygen atoms in total. The Hall–Kier alpha value is -0.960. The molecule has 132 valence electrons. The molecular formula is C15H20BrClN4O2S. The summed E-state index contributed by atoms with van der Waals surface area (Å²) >= 11 is 4.95. The molecule has 1 aliphatic heterocycles. The van der Waals surface area contributed by atoms with Crippen LogP contribution in [0.1, 0.15) is 25.2 Å². The topological polar surface area (TPSA) is 80.0 Å². The van der Waals surface area contributed by atoms with Crippen LogP contribution < -0.4 is 10.6 Å². The number of hydrogen-bond acceptors (Lipinski definition) is 6. The Balaban J connectivity index is 0.00000208. The predicted octanol–water partition coefficient (Wildman–Crippen LogP) is 3.03. The summed E-state index contributed by atoms with van der Waals surface area (Å²) in [5.41, 5.74) is 0. The molecule has 2 aromatic heterocycles. The van der Waals surface area contributed by atoms with Crippen molar-refractivity contribution in [1.82, 2.24) is 20.8 Å². The van der Waals surface area contributed by atoms with E-state index in [1.54, 1.807) is 11.3 Å². The van der Waals surface area contributed by atoms with Crippen LogP contribution in [0, 0.1) is 5.92 Å². The van der Waals surface area contributed by atoms with Gasteiger partial charge in [0.15, 0.2) is 0 Å². The maximum absolute atomic E-state index is 11.8. The maximum Gasteiger partial charge on any atom is 0.227 e. The van der Waals surface area contributed by atoms with Crippen molar-refractivity contribution in [3.05, 3.63) is 21.8 Å². The van der Waals surface area contributed by atoms with Crippen molar-refractivity contribution in [2.24, 2.45) is 5.92 Å². The van der Waals surface area contributed by atoms with Crippen molar-refractivity contribution in [2.45, 2.75) is 25.7 Å². The third kappa shape index (κ3) is 5.54. The van der Waals surface area contributed by atoms with Gasteiger partial charge in [-0.1, -0.05) is 5.16 Å². The number of thiophene rings is 1. The number of aryl methyl sites for hydroxylation is 1. The number of nitrogens with one attached hydrogen (secondary N) is 2. The molecule has 0 spiro atoms. The Morgan fingerprint density at radius 3 is 3.12 bits per heavy atom. The van der Waals surface area contributed by atoms with Crippen LogP contribution in [0.15, 0.2) is 20.4 Å². The van der Waals surface area contributed by atoms with E-state index >= 15 is 0 Å². The highest BCUT2D eigenvalue weighted by atomic mass is 79.9. The normalized spacial score (nSPS) is 16.8. The van der Waals surface area contributed by atoms with E-state index in [9.17, 15) is 4.79 Å². The molecular weight excluding hydrogens is 416 g/mol. The monoisotopic (exact) mass is 434 g/mol. The van der Waals surface area contributed by atoms with Crippen LogP contribution in [0.2, 0.25) is 0 Å². The number of carbonyl (C=O) groups excluding carboxylic acids is 1. The quantitative estimate of drug-likeness (QED) is 0.699. The van der Waals surface area contributed by atoms with Crippen molar-refractivity contribution in [3.8, 4) is 10.7 Å². The average molecular weight is 436 g/mol. The zero-order valence-corrected chi connectivity index (χ0v) is 16.3. The van der Waals surface area contributed by atoms with Crippen LogP contribution in [0.5, 0.6) is 0 Å². The zero-order valence-electron chi connectivity index (χ0n) is 13.1. The number of aromatic nitrogens is 2. The van der Waals surface area contributed by atoms with Gasteiger partial charge < -0.3 is 15.2 Å². The summed E-state index contributed by atoms with van der Waals surface area (Å²) in [7, 11) is 0. The summed E-state index contributed by atoms with van der Waals surface area (Å²) in [6, 6.07) is 1.95. The van der Waals surface area contributed by atoms with Crippen molar-refractivity contribution < 1.29 is 9.32 Å². The summed E-state index contributed by atoms with van der Waals surface area (Å²) in [4.78, 5) is 17.1. The van der Waals surface area contributed by atoms with Crippen LogP contribution in [0.3, 0.4) is 0 Å². The summed E-state index contributed by atoms with van der Waals surface area (Å²) in [5.74, 6) is 1.80. The summed E-state index contributed by atoms with van der Waals surface area (Å²) in [5, 5.41) is 12.2. The Kier molecular flexibility index (Phi) is 7.67. The van der Waals surface area contributed by atoms with Gasteiger partial charge in [-0.25, -0.2) is 0 Å². The van der Waals surface area contributed by atoms with E-state index in [-0.39, 0.29) is 18.3 Å². The molecule has 0 saturated carbocycles. The van der Waals surface area contributed by atoms with E-state index in [2.05, 4.69) is 36.7 Å². The molecule has 1 amide bonds. The predicted molar refractivity (Wildman–Crippen MR) is 99.5 cm³/mol. The van der Waals surface area contributed by atoms with Gasteiger partial charge in [0, 0.05) is 29.2 Å². The molecule has 1 atom stereocenters. The smallest absolute Gasteiger partial charge is 0.227 e. The van der Waals surface area contributed by atoms with E-state index in [4.69, 9.17) is 4.52 Å². The van der Waals surface area contributed by atoms with E-state index in [1.807, 2.05) is 11.4 Å². The molecule has 0 radical (unpaired) electrons. The van der Waals surface area contributed by atoms with Crippen LogP contribution in [-0.4, -0.2) is 35.7 Å². The highest BCUT2D eigenvalue weighted by Crippen LogP contribution is 2.27. The minimum absolute atomic E-state index is 0. The molecule has 3 rings (SSSR count). The highest BCUT2D eigenvalue weighted by Gasteiger charge is 2.15. The molecule has 0 bridgehead atoms. The van der Waals surface area contributed by atoms with E-state index < -0.39 is 0 Å². The number of amides is 1. The Morgan fingerprint density at radius 1 is 1.54 bits per heavy atom. The van der Waals surface area contributed by atoms with Gasteiger partial charge >= 0.3 is 0 Å². The second-order valence-electron chi connectivity index (χ2n) is 5.64. The maximum atomic E-state index is 11.8. The number of hydrogen-bond donors (Lipinski definition) is 2. The fourth-order valence-corrected chi connectivity index (χ4v) is 3.92. The van der Waals surface area contributed by atoms with Crippen LogP contribution in [-0.2, 0) is 11.2 Å². The van der Waals surface area contributed by atoms with E-state index in [0.717, 1.165) is 35.4 Å². The Morgan fingerprint density at radius 2 is 2.42 bits per heavy atom. The minimum atomic E-state index is 0. The van der Waals surface area contributed by atoms with Crippen LogP contribution in [0.4, 0.5) is 0 Å². The lowest BCUT2D eigenvalue weighted by Crippen LogP contribution is -2.26. The molecule has 1 aliphatic rings. The fraction of sp³-hybridized carbons (Fsp3) is 0.533. The van der Waals surface area contributed by atoms with Gasteiger partial charge in [-0.05, 0) is 53.8 Å². The third-order valence-corrected chi connectivity index (χ3v) is 5.55. The van der Waals surface area contributed by atoms with Gasteiger partial charge in [0.25, 0.3) is 0 Å². The second-order valence-corrected chi connectivity index (χ2v) is 7.47. The van der Waals surface area contributed by atoms with Crippen molar-refractivity contribution in [1.29, 1.82) is 0 Å². The number of rotatable bonds is 7. The number of halogens is 2. The lowest BCUT2D eigenvalue weighted by Gasteiger charge is -2.08. The highest BCUT2D eigenvalue weighted by molar-refractivity contribution is 9.10. The summed E-state index contributed by atoms with van der Waals surface area (Å²) in [6.45, 7) is 2.90. The fourth-order valence-electron chi connectivity index (χ4n) is 2.57. The molecule has 1 fully saturated rings. The lowest BCUT2D eigenvalue weighted by molar-refractivity contribution is -0.121. The molecule has 9 heteroatoms. The zero-order chi connectivity index (χ0) is 16.1. The SMILES string of the molecule is Cl.O=C(CCc1nc(-c2cc(Br)cs2)no1)NCCC1CCNC1. The molecule has 24 heavy (non-hydrogen) atoms. The van der Waals surface area contributed by atoms with E-state index in [1.165, 1.54) is 6.42 Å². The molecule has 0 aliphatic carbocycles. The van der Waals surface area contributed by atoms with Gasteiger partial charge in [-0.2, -0.15) is 4.98 Å². The third-order valence-electron chi connectivity index (χ3n) is 3.86. The molecule has 2 aromatic rings. The first kappa shape index (κ1) is 19.4. The number of nitrogens with zero attached hydrogens (tertiary/aromatic N) is 2. The van der Waals surface area contributed by atoms with Gasteiger partial charge in [0.1, 0.15) is 0 Å². The molecule has 3 heterocycles. The van der Waals surface area contributed by atoms with E-state index in [0.29, 0.717) is 30.5 Å². The van der Waals surface area contributed by atoms with Crippen LogP contribution in [0.25, 0.3) is 10.7 Å². The molecule has 1 unspecified atom stereocenters. The van der Waals surface area contributed by atoms with Gasteiger partial charge in [0.05, 0.1) is 4.88 Å². The molecule has 0 aromatic carbocycles. The average Bonchev–Trinajstić information content (AvgIpc) is 3.26. The summed E-state index contributed by atoms with van der Waals surface area (Å²) in [6.07, 6.45) is 3.09. The van der Waals surface area contributed by atoms with Gasteiger partial charge in [-0.3, -0.25) is 4.79 Å². The van der Waals surface area contributed by atoms with Gasteiger partial charge in [0.2, 0.25) is 17.6 Å². The van der Waals surface area contributed by atoms with Crippen molar-refractivity contribution >= 4 is 45.6 Å². The first-order valence-corrected chi connectivity index (χ1v) is 9.42. The largest absolute Gasteiger partial charge is 0.356 e. The standard InChI is InChI=1S/C15H19BrN4O2S.ClH/c16-11-7-12(23-9-11)15-19-14(22-20-15)2-1-13(21)18-6-4-10-3-5-17-8-10;/h7,9-10,17H,1-6,8H2,(H,18,21);1H. The lowest BCUT2D eigenvalue weighted by atomic mass is 10.1. The second kappa shape index (κ2) is 9.50. The molecule has 2 N–H and O–H groups in total.